The second-order valence-electron chi connectivity index (χ2n) is 9.49. The Hall–Kier alpha value is -3.10. The summed E-state index contributed by atoms with van der Waals surface area (Å²) in [6.07, 6.45) is -0.852. The Bertz CT molecular complexity index is 1130. The number of rotatable bonds is 7. The van der Waals surface area contributed by atoms with Crippen molar-refractivity contribution >= 4 is 6.09 Å². The van der Waals surface area contributed by atoms with Gasteiger partial charge in [-0.1, -0.05) is 60.7 Å². The Morgan fingerprint density at radius 1 is 1.14 bits per heavy atom. The molecule has 1 saturated heterocycles. The molecule has 0 radical (unpaired) electrons. The van der Waals surface area contributed by atoms with Gasteiger partial charge in [0.25, 0.3) is 0 Å². The van der Waals surface area contributed by atoms with Gasteiger partial charge in [-0.05, 0) is 61.3 Å². The molecule has 2 aromatic carbocycles. The summed E-state index contributed by atoms with van der Waals surface area (Å²) in [5.74, 6) is 0. The summed E-state index contributed by atoms with van der Waals surface area (Å²) < 4.78 is 47.7. The number of ether oxygens (including phenoxy) is 2. The fourth-order valence-electron chi connectivity index (χ4n) is 4.33. The van der Waals surface area contributed by atoms with Crippen LogP contribution >= 0.6 is 0 Å². The van der Waals surface area contributed by atoms with Gasteiger partial charge in [0.05, 0.1) is 12.1 Å². The van der Waals surface area contributed by atoms with Crippen LogP contribution in [-0.4, -0.2) is 55.0 Å². The van der Waals surface area contributed by atoms with Crippen LogP contribution < -0.4 is 0 Å². The van der Waals surface area contributed by atoms with Crippen molar-refractivity contribution in [2.45, 2.75) is 38.0 Å². The molecular formula is C27H29F3N2O3. The molecule has 0 bridgehead atoms. The summed E-state index contributed by atoms with van der Waals surface area (Å²) in [4.78, 5) is 16.2. The van der Waals surface area contributed by atoms with Crippen LogP contribution in [0.1, 0.15) is 30.6 Å². The Morgan fingerprint density at radius 3 is 2.51 bits per heavy atom. The number of hydrogen-bond acceptors (Lipinski definition) is 4. The van der Waals surface area contributed by atoms with E-state index < -0.39 is 24.2 Å². The van der Waals surface area contributed by atoms with Crippen LogP contribution in [0, 0.1) is 0 Å². The standard InChI is InChI=1S/C27H29F3N2O3/c1-26(35-27(28,29)30)13-11-20(12-14-26)17-32-18-24(34-25(32)33)23-6-4-5-22(15-23)21-9-7-19(8-10-21)16-31(2)3/h4-13,15,24H,14,16-18H2,1-3H3. The van der Waals surface area contributed by atoms with E-state index in [1.54, 1.807) is 17.1 Å². The molecule has 1 aliphatic heterocycles. The van der Waals surface area contributed by atoms with Crippen molar-refractivity contribution in [3.8, 4) is 11.1 Å². The summed E-state index contributed by atoms with van der Waals surface area (Å²) in [6.45, 7) is 2.88. The Balaban J connectivity index is 1.40. The number of amides is 1. The molecule has 5 nitrogen and oxygen atoms in total. The van der Waals surface area contributed by atoms with Crippen molar-refractivity contribution in [2.24, 2.45) is 0 Å². The van der Waals surface area contributed by atoms with E-state index in [2.05, 4.69) is 33.9 Å². The summed E-state index contributed by atoms with van der Waals surface area (Å²) in [5, 5.41) is 0. The molecule has 2 aliphatic rings. The van der Waals surface area contributed by atoms with Gasteiger partial charge < -0.3 is 9.64 Å². The number of cyclic esters (lactones) is 1. The SMILES string of the molecule is CN(C)Cc1ccc(-c2cccc(C3CN(CC4=CCC(C)(OC(F)(F)F)C=C4)C(=O)O3)c2)cc1. The van der Waals surface area contributed by atoms with E-state index in [-0.39, 0.29) is 13.0 Å². The smallest absolute Gasteiger partial charge is 0.439 e. The van der Waals surface area contributed by atoms with Gasteiger partial charge in [-0.15, -0.1) is 13.2 Å². The Kier molecular flexibility index (Phi) is 7.05. The molecule has 2 unspecified atom stereocenters. The predicted molar refractivity (Wildman–Crippen MR) is 127 cm³/mol. The van der Waals surface area contributed by atoms with E-state index in [0.717, 1.165) is 28.8 Å². The first-order chi connectivity index (χ1) is 16.5. The highest BCUT2D eigenvalue weighted by Gasteiger charge is 2.40. The first kappa shape index (κ1) is 25.0. The van der Waals surface area contributed by atoms with E-state index >= 15 is 0 Å². The fourth-order valence-corrected chi connectivity index (χ4v) is 4.33. The largest absolute Gasteiger partial charge is 0.523 e. The van der Waals surface area contributed by atoms with Crippen molar-refractivity contribution in [3.63, 3.8) is 0 Å². The lowest BCUT2D eigenvalue weighted by atomic mass is 9.93. The first-order valence-corrected chi connectivity index (χ1v) is 11.4. The highest BCUT2D eigenvalue weighted by atomic mass is 19.4. The quantitative estimate of drug-likeness (QED) is 0.475. The number of halogens is 3. The minimum atomic E-state index is -4.71. The molecule has 186 valence electrons. The summed E-state index contributed by atoms with van der Waals surface area (Å²) in [7, 11) is 4.06. The summed E-state index contributed by atoms with van der Waals surface area (Å²) in [5.41, 5.74) is 3.55. The van der Waals surface area contributed by atoms with Crippen LogP contribution in [0.15, 0.2) is 72.3 Å². The zero-order valence-corrected chi connectivity index (χ0v) is 20.0. The lowest BCUT2D eigenvalue weighted by molar-refractivity contribution is -0.355. The molecule has 35 heavy (non-hydrogen) atoms. The fraction of sp³-hybridized carbons (Fsp3) is 0.370. The number of hydrogen-bond donors (Lipinski definition) is 0. The minimum absolute atomic E-state index is 0.0695. The Morgan fingerprint density at radius 2 is 1.89 bits per heavy atom. The van der Waals surface area contributed by atoms with E-state index in [9.17, 15) is 18.0 Å². The molecule has 0 aromatic heterocycles. The van der Waals surface area contributed by atoms with Gasteiger partial charge >= 0.3 is 12.5 Å². The zero-order chi connectivity index (χ0) is 25.2. The van der Waals surface area contributed by atoms with Crippen LogP contribution in [0.2, 0.25) is 0 Å². The van der Waals surface area contributed by atoms with Crippen LogP contribution in [0.5, 0.6) is 0 Å². The van der Waals surface area contributed by atoms with Crippen LogP contribution in [-0.2, 0) is 16.0 Å². The number of nitrogens with zero attached hydrogens (tertiary/aromatic N) is 2. The number of benzene rings is 2. The number of carbonyl (C=O) groups is 1. The van der Waals surface area contributed by atoms with Crippen LogP contribution in [0.25, 0.3) is 11.1 Å². The second kappa shape index (κ2) is 9.87. The zero-order valence-electron chi connectivity index (χ0n) is 20.0. The van der Waals surface area contributed by atoms with Gasteiger partial charge in [0.2, 0.25) is 0 Å². The monoisotopic (exact) mass is 486 g/mol. The molecule has 0 N–H and O–H groups in total. The van der Waals surface area contributed by atoms with Gasteiger partial charge in [-0.2, -0.15) is 0 Å². The highest BCUT2D eigenvalue weighted by molar-refractivity contribution is 5.71. The minimum Gasteiger partial charge on any atom is -0.439 e. The molecule has 1 heterocycles. The average Bonchev–Trinajstić information content (AvgIpc) is 3.14. The highest BCUT2D eigenvalue weighted by Crippen LogP contribution is 2.34. The topological polar surface area (TPSA) is 42.0 Å². The molecule has 1 amide bonds. The summed E-state index contributed by atoms with van der Waals surface area (Å²) >= 11 is 0. The molecule has 4 rings (SSSR count). The molecule has 1 aliphatic carbocycles. The van der Waals surface area contributed by atoms with Gasteiger partial charge in [-0.25, -0.2) is 4.79 Å². The third-order valence-corrected chi connectivity index (χ3v) is 6.07. The molecule has 1 fully saturated rings. The molecule has 2 aromatic rings. The average molecular weight is 487 g/mol. The lowest BCUT2D eigenvalue weighted by Gasteiger charge is -2.29. The lowest BCUT2D eigenvalue weighted by Crippen LogP contribution is -2.35. The van der Waals surface area contributed by atoms with E-state index in [0.29, 0.717) is 6.54 Å². The normalized spacial score (nSPS) is 22.5. The number of carbonyl (C=O) groups excluding carboxylic acids is 1. The third-order valence-electron chi connectivity index (χ3n) is 6.07. The summed E-state index contributed by atoms with van der Waals surface area (Å²) in [6, 6.07) is 16.3. The van der Waals surface area contributed by atoms with Crippen LogP contribution in [0.3, 0.4) is 0 Å². The van der Waals surface area contributed by atoms with Crippen molar-refractivity contribution in [1.82, 2.24) is 9.80 Å². The molecule has 0 saturated carbocycles. The van der Waals surface area contributed by atoms with Gasteiger partial charge in [0.15, 0.2) is 0 Å². The van der Waals surface area contributed by atoms with Crippen molar-refractivity contribution in [2.75, 3.05) is 27.2 Å². The molecule has 8 heteroatoms. The van der Waals surface area contributed by atoms with E-state index in [1.165, 1.54) is 18.6 Å². The third kappa shape index (κ3) is 6.52. The molecule has 0 spiro atoms. The van der Waals surface area contributed by atoms with Crippen LogP contribution in [0.4, 0.5) is 18.0 Å². The van der Waals surface area contributed by atoms with Crippen molar-refractivity contribution in [3.05, 3.63) is 83.5 Å². The molecular weight excluding hydrogens is 457 g/mol. The van der Waals surface area contributed by atoms with Crippen molar-refractivity contribution < 1.29 is 27.4 Å². The number of alkyl halides is 3. The van der Waals surface area contributed by atoms with Gasteiger partial charge in [0, 0.05) is 13.1 Å². The maximum atomic E-state index is 12.6. The second-order valence-corrected chi connectivity index (χ2v) is 9.49. The molecule has 2 atom stereocenters. The first-order valence-electron chi connectivity index (χ1n) is 11.4. The predicted octanol–water partition coefficient (Wildman–Crippen LogP) is 6.09. The van der Waals surface area contributed by atoms with E-state index in [1.807, 2.05) is 38.4 Å². The van der Waals surface area contributed by atoms with Crippen molar-refractivity contribution in [1.29, 1.82) is 0 Å². The maximum absolute atomic E-state index is 12.6. The maximum Gasteiger partial charge on any atom is 0.523 e. The van der Waals surface area contributed by atoms with Gasteiger partial charge in [-0.3, -0.25) is 9.64 Å². The van der Waals surface area contributed by atoms with E-state index in [4.69, 9.17) is 4.74 Å². The Labute approximate surface area is 203 Å². The van der Waals surface area contributed by atoms with Gasteiger partial charge in [0.1, 0.15) is 6.10 Å².